The van der Waals surface area contributed by atoms with Crippen LogP contribution in [0.25, 0.3) is 16.6 Å². The van der Waals surface area contributed by atoms with E-state index in [1.54, 1.807) is 18.2 Å². The summed E-state index contributed by atoms with van der Waals surface area (Å²) in [5, 5.41) is 0.358. The molecule has 0 amide bonds. The van der Waals surface area contributed by atoms with Gasteiger partial charge in [-0.25, -0.2) is 9.37 Å². The first-order valence-electron chi connectivity index (χ1n) is 6.29. The van der Waals surface area contributed by atoms with Crippen LogP contribution in [-0.4, -0.2) is 16.3 Å². The van der Waals surface area contributed by atoms with Crippen LogP contribution in [0.3, 0.4) is 0 Å². The summed E-state index contributed by atoms with van der Waals surface area (Å²) in [4.78, 5) is 16.6. The normalized spacial score (nSPS) is 12.8. The van der Waals surface area contributed by atoms with E-state index in [-0.39, 0.29) is 12.4 Å². The highest BCUT2D eigenvalue weighted by atomic mass is 19.1. The lowest BCUT2D eigenvalue weighted by Crippen LogP contribution is -2.18. The van der Waals surface area contributed by atoms with Crippen molar-refractivity contribution in [2.45, 2.75) is 0 Å². The summed E-state index contributed by atoms with van der Waals surface area (Å²) in [7, 11) is 0. The molecule has 0 fully saturated rings. The van der Waals surface area contributed by atoms with Gasteiger partial charge in [0.25, 0.3) is 5.56 Å². The highest BCUT2D eigenvalue weighted by Gasteiger charge is 2.15. The van der Waals surface area contributed by atoms with Gasteiger partial charge < -0.3 is 9.47 Å². The van der Waals surface area contributed by atoms with Crippen molar-refractivity contribution >= 4 is 10.9 Å². The van der Waals surface area contributed by atoms with E-state index in [0.29, 0.717) is 28.1 Å². The van der Waals surface area contributed by atoms with Crippen molar-refractivity contribution in [3.63, 3.8) is 0 Å². The number of hydrogen-bond acceptors (Lipinski definition) is 4. The van der Waals surface area contributed by atoms with Gasteiger partial charge in [0.2, 0.25) is 6.79 Å². The monoisotopic (exact) mass is 284 g/mol. The smallest absolute Gasteiger partial charge is 0.265 e. The van der Waals surface area contributed by atoms with Crippen molar-refractivity contribution in [2.75, 3.05) is 6.79 Å². The second kappa shape index (κ2) is 4.31. The first kappa shape index (κ1) is 11.9. The molecule has 3 aromatic rings. The van der Waals surface area contributed by atoms with Gasteiger partial charge in [-0.3, -0.25) is 9.36 Å². The van der Waals surface area contributed by atoms with Crippen LogP contribution in [0.15, 0.2) is 47.5 Å². The van der Waals surface area contributed by atoms with Crippen LogP contribution in [0.2, 0.25) is 0 Å². The molecule has 2 heterocycles. The van der Waals surface area contributed by atoms with Crippen LogP contribution in [0.5, 0.6) is 11.5 Å². The Balaban J connectivity index is 1.93. The molecule has 21 heavy (non-hydrogen) atoms. The van der Waals surface area contributed by atoms with Crippen LogP contribution in [0.4, 0.5) is 4.39 Å². The first-order valence-corrected chi connectivity index (χ1v) is 6.29. The number of aromatic nitrogens is 2. The number of nitrogens with zero attached hydrogens (tertiary/aromatic N) is 2. The number of rotatable bonds is 1. The van der Waals surface area contributed by atoms with Gasteiger partial charge in [-0.15, -0.1) is 0 Å². The Bertz CT molecular complexity index is 920. The summed E-state index contributed by atoms with van der Waals surface area (Å²) >= 11 is 0. The maximum atomic E-state index is 13.2. The summed E-state index contributed by atoms with van der Waals surface area (Å²) in [6.45, 7) is 0.170. The minimum absolute atomic E-state index is 0.170. The third kappa shape index (κ3) is 1.84. The highest BCUT2D eigenvalue weighted by molar-refractivity contribution is 5.77. The van der Waals surface area contributed by atoms with Crippen molar-refractivity contribution in [3.8, 4) is 17.2 Å². The Labute approximate surface area is 118 Å². The van der Waals surface area contributed by atoms with Gasteiger partial charge >= 0.3 is 0 Å². The second-order valence-electron chi connectivity index (χ2n) is 4.62. The number of ether oxygens (including phenoxy) is 2. The molecule has 0 atom stereocenters. The first-order chi connectivity index (χ1) is 10.2. The maximum Gasteiger partial charge on any atom is 0.265 e. The minimum Gasteiger partial charge on any atom is -0.454 e. The molecule has 0 spiro atoms. The Morgan fingerprint density at radius 1 is 1.10 bits per heavy atom. The van der Waals surface area contributed by atoms with Crippen LogP contribution in [-0.2, 0) is 0 Å². The molecule has 0 radical (unpaired) electrons. The van der Waals surface area contributed by atoms with Crippen molar-refractivity contribution in [1.82, 2.24) is 9.55 Å². The molecule has 2 aromatic carbocycles. The fraction of sp³-hybridized carbons (Fsp3) is 0.0667. The van der Waals surface area contributed by atoms with E-state index in [1.165, 1.54) is 29.1 Å². The molecular weight excluding hydrogens is 275 g/mol. The number of fused-ring (bicyclic) bond motifs is 2. The topological polar surface area (TPSA) is 53.4 Å². The predicted molar refractivity (Wildman–Crippen MR) is 73.4 cm³/mol. The van der Waals surface area contributed by atoms with E-state index in [2.05, 4.69) is 4.98 Å². The van der Waals surface area contributed by atoms with E-state index in [1.807, 2.05) is 0 Å². The van der Waals surface area contributed by atoms with Gasteiger partial charge in [-0.1, -0.05) is 0 Å². The third-order valence-corrected chi connectivity index (χ3v) is 3.36. The van der Waals surface area contributed by atoms with Gasteiger partial charge in [0, 0.05) is 12.1 Å². The van der Waals surface area contributed by atoms with Gasteiger partial charge in [0.1, 0.15) is 12.1 Å². The average molecular weight is 284 g/mol. The lowest BCUT2D eigenvalue weighted by Gasteiger charge is -2.07. The molecular formula is C15H9FN2O3. The zero-order valence-electron chi connectivity index (χ0n) is 10.7. The lowest BCUT2D eigenvalue weighted by atomic mass is 10.2. The molecule has 0 bridgehead atoms. The van der Waals surface area contributed by atoms with E-state index in [9.17, 15) is 9.18 Å². The molecule has 0 unspecified atom stereocenters. The van der Waals surface area contributed by atoms with Crippen molar-refractivity contribution in [1.29, 1.82) is 0 Å². The summed E-state index contributed by atoms with van der Waals surface area (Å²) in [6, 6.07) is 9.10. The fourth-order valence-corrected chi connectivity index (χ4v) is 2.31. The van der Waals surface area contributed by atoms with Gasteiger partial charge in [-0.05, 0) is 24.3 Å². The molecule has 104 valence electrons. The number of benzene rings is 2. The quantitative estimate of drug-likeness (QED) is 0.687. The second-order valence-corrected chi connectivity index (χ2v) is 4.62. The summed E-state index contributed by atoms with van der Waals surface area (Å²) in [5.74, 6) is 0.802. The molecule has 0 N–H and O–H groups in total. The Morgan fingerprint density at radius 2 is 1.95 bits per heavy atom. The van der Waals surface area contributed by atoms with Gasteiger partial charge in [0.05, 0.1) is 16.6 Å². The Kier molecular flexibility index (Phi) is 2.44. The van der Waals surface area contributed by atoms with Crippen molar-refractivity contribution in [2.24, 2.45) is 0 Å². The van der Waals surface area contributed by atoms with Gasteiger partial charge in [0.15, 0.2) is 11.5 Å². The molecule has 0 aliphatic carbocycles. The lowest BCUT2D eigenvalue weighted by molar-refractivity contribution is 0.174. The number of halogens is 1. The molecule has 1 aromatic heterocycles. The molecule has 6 heteroatoms. The minimum atomic E-state index is -0.421. The molecule has 1 aliphatic heterocycles. The standard InChI is InChI=1S/C15H9FN2O3/c16-9-1-3-11-12(5-9)17-7-18(15(11)19)10-2-4-13-14(6-10)21-8-20-13/h1-7H,8H2. The molecule has 4 rings (SSSR count). The molecule has 5 nitrogen and oxygen atoms in total. The van der Waals surface area contributed by atoms with Crippen LogP contribution in [0, 0.1) is 5.82 Å². The zero-order chi connectivity index (χ0) is 14.4. The van der Waals surface area contributed by atoms with Crippen molar-refractivity contribution in [3.05, 3.63) is 58.9 Å². The maximum absolute atomic E-state index is 13.2. The summed E-state index contributed by atoms with van der Waals surface area (Å²) < 4.78 is 25.1. The Morgan fingerprint density at radius 3 is 2.86 bits per heavy atom. The average Bonchev–Trinajstić information content (AvgIpc) is 2.95. The SMILES string of the molecule is O=c1c2ccc(F)cc2ncn1-c1ccc2c(c1)OCO2. The predicted octanol–water partition coefficient (Wildman–Crippen LogP) is 2.25. The van der Waals surface area contributed by atoms with E-state index < -0.39 is 5.82 Å². The van der Waals surface area contributed by atoms with Crippen LogP contribution in [0.1, 0.15) is 0 Å². The fourth-order valence-electron chi connectivity index (χ4n) is 2.31. The van der Waals surface area contributed by atoms with E-state index in [0.717, 1.165) is 0 Å². The van der Waals surface area contributed by atoms with E-state index >= 15 is 0 Å². The van der Waals surface area contributed by atoms with E-state index in [4.69, 9.17) is 9.47 Å². The van der Waals surface area contributed by atoms with Gasteiger partial charge in [-0.2, -0.15) is 0 Å². The Hall–Kier alpha value is -2.89. The third-order valence-electron chi connectivity index (χ3n) is 3.36. The summed E-state index contributed by atoms with van der Waals surface area (Å²) in [6.07, 6.45) is 1.38. The van der Waals surface area contributed by atoms with Crippen LogP contribution >= 0.6 is 0 Å². The largest absolute Gasteiger partial charge is 0.454 e. The highest BCUT2D eigenvalue weighted by Crippen LogP contribution is 2.33. The van der Waals surface area contributed by atoms with Crippen LogP contribution < -0.4 is 15.0 Å². The zero-order valence-corrected chi connectivity index (χ0v) is 10.7. The summed E-state index contributed by atoms with van der Waals surface area (Å²) in [5.41, 5.74) is 0.679. The molecule has 0 saturated carbocycles. The molecule has 0 saturated heterocycles. The molecule has 1 aliphatic rings. The number of hydrogen-bond donors (Lipinski definition) is 0. The van der Waals surface area contributed by atoms with Crippen molar-refractivity contribution < 1.29 is 13.9 Å².